The van der Waals surface area contributed by atoms with Gasteiger partial charge < -0.3 is 9.47 Å². The minimum Gasteiger partial charge on any atom is -0.361 e. The quantitative estimate of drug-likeness (QED) is 0.578. The maximum Gasteiger partial charge on any atom is 0.353 e. The van der Waals surface area contributed by atoms with E-state index in [0.29, 0.717) is 4.57 Å². The van der Waals surface area contributed by atoms with Gasteiger partial charge in [-0.1, -0.05) is 0 Å². The summed E-state index contributed by atoms with van der Waals surface area (Å²) < 4.78 is 11.7. The van der Waals surface area contributed by atoms with Crippen LogP contribution in [0.5, 0.6) is 0 Å². The SMILES string of the molecule is COC(C)n1c(C)c([N+](=O)[O-])c(=O)n(C(C)OC)c1=O. The molecule has 1 aromatic heterocycles. The van der Waals surface area contributed by atoms with E-state index in [1.54, 1.807) is 6.92 Å². The second kappa shape index (κ2) is 5.97. The Balaban J connectivity index is 3.89. The van der Waals surface area contributed by atoms with Crippen molar-refractivity contribution in [2.24, 2.45) is 0 Å². The molecule has 1 rings (SSSR count). The minimum absolute atomic E-state index is 0.0566. The maximum atomic E-state index is 12.3. The van der Waals surface area contributed by atoms with E-state index < -0.39 is 34.3 Å². The third-order valence-corrected chi connectivity index (χ3v) is 3.13. The van der Waals surface area contributed by atoms with Crippen molar-refractivity contribution in [3.63, 3.8) is 0 Å². The van der Waals surface area contributed by atoms with Crippen molar-refractivity contribution in [3.8, 4) is 0 Å². The monoisotopic (exact) mass is 287 g/mol. The van der Waals surface area contributed by atoms with Crippen molar-refractivity contribution in [1.29, 1.82) is 0 Å². The number of hydrogen-bond acceptors (Lipinski definition) is 6. The molecule has 0 spiro atoms. The standard InChI is InChI=1S/C11H17N3O6/c1-6-9(14(17)18)10(15)13(8(3)20-5)11(16)12(6)7(2)19-4/h7-8H,1-5H3. The molecule has 0 fully saturated rings. The zero-order valence-corrected chi connectivity index (χ0v) is 11.9. The van der Waals surface area contributed by atoms with Crippen LogP contribution in [0.3, 0.4) is 0 Å². The Bertz CT molecular complexity index is 632. The van der Waals surface area contributed by atoms with Gasteiger partial charge >= 0.3 is 16.9 Å². The minimum atomic E-state index is -0.994. The van der Waals surface area contributed by atoms with Gasteiger partial charge in [0.1, 0.15) is 18.1 Å². The van der Waals surface area contributed by atoms with Gasteiger partial charge in [-0.05, 0) is 20.8 Å². The number of hydrogen-bond donors (Lipinski definition) is 0. The van der Waals surface area contributed by atoms with E-state index >= 15 is 0 Å². The number of nitrogens with zero attached hydrogens (tertiary/aromatic N) is 3. The predicted molar refractivity (Wildman–Crippen MR) is 69.8 cm³/mol. The molecule has 9 heteroatoms. The lowest BCUT2D eigenvalue weighted by atomic mass is 10.3. The molecule has 0 N–H and O–H groups in total. The molecule has 2 atom stereocenters. The average molecular weight is 287 g/mol. The number of methoxy groups -OCH3 is 2. The fourth-order valence-electron chi connectivity index (χ4n) is 1.90. The van der Waals surface area contributed by atoms with Crippen LogP contribution < -0.4 is 11.2 Å². The van der Waals surface area contributed by atoms with Crippen LogP contribution in [0.15, 0.2) is 9.59 Å². The molecular formula is C11H17N3O6. The molecule has 20 heavy (non-hydrogen) atoms. The van der Waals surface area contributed by atoms with Gasteiger partial charge in [-0.2, -0.15) is 0 Å². The van der Waals surface area contributed by atoms with Crippen LogP contribution in [0.1, 0.15) is 32.0 Å². The fraction of sp³-hybridized carbons (Fsp3) is 0.636. The number of ether oxygens (including phenoxy) is 2. The van der Waals surface area contributed by atoms with Crippen molar-refractivity contribution in [2.75, 3.05) is 14.2 Å². The molecule has 0 aromatic carbocycles. The van der Waals surface area contributed by atoms with Crippen molar-refractivity contribution in [2.45, 2.75) is 33.2 Å². The normalized spacial score (nSPS) is 14.1. The molecule has 0 aliphatic heterocycles. The topological polar surface area (TPSA) is 106 Å². The van der Waals surface area contributed by atoms with Crippen molar-refractivity contribution >= 4 is 5.69 Å². The Hall–Kier alpha value is -2.00. The Labute approximate surface area is 114 Å². The molecule has 0 aliphatic carbocycles. The molecule has 0 amide bonds. The van der Waals surface area contributed by atoms with E-state index in [2.05, 4.69) is 0 Å². The average Bonchev–Trinajstić information content (AvgIpc) is 2.37. The molecule has 2 unspecified atom stereocenters. The predicted octanol–water partition coefficient (Wildman–Crippen LogP) is 0.556. The first-order valence-electron chi connectivity index (χ1n) is 5.85. The van der Waals surface area contributed by atoms with E-state index in [9.17, 15) is 19.7 Å². The lowest BCUT2D eigenvalue weighted by Gasteiger charge is -2.20. The first-order valence-corrected chi connectivity index (χ1v) is 5.85. The van der Waals surface area contributed by atoms with Crippen molar-refractivity contribution < 1.29 is 14.4 Å². The van der Waals surface area contributed by atoms with Crippen LogP contribution >= 0.6 is 0 Å². The Morgan fingerprint density at radius 3 is 1.95 bits per heavy atom. The molecule has 0 saturated carbocycles. The summed E-state index contributed by atoms with van der Waals surface area (Å²) in [7, 11) is 2.66. The Kier molecular flexibility index (Phi) is 4.79. The fourth-order valence-corrected chi connectivity index (χ4v) is 1.90. The van der Waals surface area contributed by atoms with Crippen LogP contribution in [0.4, 0.5) is 5.69 Å². The molecule has 0 radical (unpaired) electrons. The first-order chi connectivity index (χ1) is 9.27. The van der Waals surface area contributed by atoms with Crippen LogP contribution in [-0.2, 0) is 9.47 Å². The first kappa shape index (κ1) is 16.1. The van der Waals surface area contributed by atoms with Crippen molar-refractivity contribution in [1.82, 2.24) is 9.13 Å². The van der Waals surface area contributed by atoms with Gasteiger partial charge in [-0.3, -0.25) is 19.5 Å². The number of nitro groups is 1. The van der Waals surface area contributed by atoms with Crippen molar-refractivity contribution in [3.05, 3.63) is 36.6 Å². The van der Waals surface area contributed by atoms with Gasteiger partial charge in [-0.15, -0.1) is 0 Å². The highest BCUT2D eigenvalue weighted by molar-refractivity contribution is 5.32. The third-order valence-electron chi connectivity index (χ3n) is 3.13. The van der Waals surface area contributed by atoms with Gasteiger partial charge in [0.05, 0.1) is 4.92 Å². The molecule has 112 valence electrons. The zero-order chi connectivity index (χ0) is 15.6. The summed E-state index contributed by atoms with van der Waals surface area (Å²) in [5.74, 6) is 0. The van der Waals surface area contributed by atoms with E-state index in [4.69, 9.17) is 9.47 Å². The highest BCUT2D eigenvalue weighted by Crippen LogP contribution is 2.16. The molecule has 9 nitrogen and oxygen atoms in total. The third kappa shape index (κ3) is 2.49. The van der Waals surface area contributed by atoms with Crippen LogP contribution in [-0.4, -0.2) is 28.3 Å². The summed E-state index contributed by atoms with van der Waals surface area (Å²) in [5, 5.41) is 11.1. The van der Waals surface area contributed by atoms with Crippen LogP contribution in [0, 0.1) is 17.0 Å². The molecular weight excluding hydrogens is 270 g/mol. The van der Waals surface area contributed by atoms with Gasteiger partial charge in [0.25, 0.3) is 0 Å². The Morgan fingerprint density at radius 2 is 1.55 bits per heavy atom. The summed E-state index contributed by atoms with van der Waals surface area (Å²) in [4.78, 5) is 34.7. The van der Waals surface area contributed by atoms with Crippen LogP contribution in [0.2, 0.25) is 0 Å². The van der Waals surface area contributed by atoms with Gasteiger partial charge in [-0.25, -0.2) is 9.36 Å². The number of rotatable bonds is 5. The second-order valence-electron chi connectivity index (χ2n) is 4.19. The summed E-state index contributed by atoms with van der Waals surface area (Å²) in [6.45, 7) is 4.33. The molecule has 0 saturated heterocycles. The van der Waals surface area contributed by atoms with Gasteiger partial charge in [0, 0.05) is 14.2 Å². The summed E-state index contributed by atoms with van der Waals surface area (Å²) in [6.07, 6.45) is -1.68. The van der Waals surface area contributed by atoms with E-state index in [-0.39, 0.29) is 5.69 Å². The largest absolute Gasteiger partial charge is 0.361 e. The number of aromatic nitrogens is 2. The van der Waals surface area contributed by atoms with Crippen LogP contribution in [0.25, 0.3) is 0 Å². The molecule has 1 aromatic rings. The molecule has 0 bridgehead atoms. The Morgan fingerprint density at radius 1 is 1.10 bits per heavy atom. The van der Waals surface area contributed by atoms with E-state index in [1.165, 1.54) is 28.1 Å². The lowest BCUT2D eigenvalue weighted by molar-refractivity contribution is -0.388. The highest BCUT2D eigenvalue weighted by atomic mass is 16.6. The summed E-state index contributed by atoms with van der Waals surface area (Å²) in [5.41, 5.74) is -2.44. The lowest BCUT2D eigenvalue weighted by Crippen LogP contribution is -2.45. The summed E-state index contributed by atoms with van der Waals surface area (Å²) >= 11 is 0. The molecule has 0 aliphatic rings. The van der Waals surface area contributed by atoms with E-state index in [0.717, 1.165) is 4.57 Å². The molecule has 1 heterocycles. The second-order valence-corrected chi connectivity index (χ2v) is 4.19. The smallest absolute Gasteiger partial charge is 0.353 e. The zero-order valence-electron chi connectivity index (χ0n) is 11.9. The summed E-state index contributed by atoms with van der Waals surface area (Å²) in [6, 6.07) is 0. The van der Waals surface area contributed by atoms with Gasteiger partial charge in [0.15, 0.2) is 0 Å². The maximum absolute atomic E-state index is 12.3. The van der Waals surface area contributed by atoms with E-state index in [1.807, 2.05) is 0 Å². The highest BCUT2D eigenvalue weighted by Gasteiger charge is 2.28. The van der Waals surface area contributed by atoms with Gasteiger partial charge in [0.2, 0.25) is 0 Å².